The van der Waals surface area contributed by atoms with Crippen LogP contribution in [-0.2, 0) is 17.6 Å². The second-order valence-corrected chi connectivity index (χ2v) is 7.36. The van der Waals surface area contributed by atoms with Crippen molar-refractivity contribution >= 4 is 29.0 Å². The van der Waals surface area contributed by atoms with Crippen molar-refractivity contribution in [3.63, 3.8) is 0 Å². The van der Waals surface area contributed by atoms with Gasteiger partial charge in [0.2, 0.25) is 11.8 Å². The smallest absolute Gasteiger partial charge is 0.239 e. The number of aromatic nitrogens is 3. The molecule has 2 aromatic rings. The zero-order valence-corrected chi connectivity index (χ0v) is 13.9. The summed E-state index contributed by atoms with van der Waals surface area (Å²) in [5.74, 6) is 1.00. The molecular weight excluding hydrogens is 308 g/mol. The lowest BCUT2D eigenvalue weighted by molar-refractivity contribution is -0.117. The largest absolute Gasteiger partial charge is 0.369 e. The molecule has 1 unspecified atom stereocenters. The Morgan fingerprint density at radius 3 is 2.90 bits per heavy atom. The second-order valence-electron chi connectivity index (χ2n) is 4.69. The van der Waals surface area contributed by atoms with Crippen LogP contribution in [0.2, 0.25) is 0 Å². The number of aryl methyl sites for hydroxylation is 2. The predicted octanol–water partition coefficient (Wildman–Crippen LogP) is 2.67. The molecule has 0 bridgehead atoms. The van der Waals surface area contributed by atoms with Crippen LogP contribution in [0.3, 0.4) is 0 Å². The van der Waals surface area contributed by atoms with E-state index in [2.05, 4.69) is 22.0 Å². The summed E-state index contributed by atoms with van der Waals surface area (Å²) < 4.78 is 6.15. The Balaban J connectivity index is 2.04. The molecule has 1 atom stereocenters. The van der Waals surface area contributed by atoms with E-state index in [9.17, 15) is 4.79 Å². The van der Waals surface area contributed by atoms with Crippen LogP contribution < -0.4 is 5.73 Å². The van der Waals surface area contributed by atoms with Crippen LogP contribution in [0.4, 0.5) is 0 Å². The third-order valence-electron chi connectivity index (χ3n) is 2.79. The fraction of sp³-hybridized carbons (Fsp3) is 0.538. The molecule has 0 aliphatic carbocycles. The van der Waals surface area contributed by atoms with E-state index in [1.807, 2.05) is 13.8 Å². The van der Waals surface area contributed by atoms with E-state index in [0.717, 1.165) is 33.6 Å². The standard InChI is InChI=1S/C13H18N4O2S2/c1-4-5-11-16-12(19-17-11)8(3)20-13-15-7(2)9(21-13)6-10(14)18/h8H,4-6H2,1-3H3,(H2,14,18). The van der Waals surface area contributed by atoms with E-state index in [4.69, 9.17) is 10.3 Å². The molecule has 0 saturated carbocycles. The van der Waals surface area contributed by atoms with Gasteiger partial charge in [0, 0.05) is 11.3 Å². The van der Waals surface area contributed by atoms with Gasteiger partial charge in [-0.25, -0.2) is 4.98 Å². The number of nitrogens with two attached hydrogens (primary N) is 1. The van der Waals surface area contributed by atoms with E-state index in [-0.39, 0.29) is 17.6 Å². The summed E-state index contributed by atoms with van der Waals surface area (Å²) in [6.45, 7) is 5.96. The number of amides is 1. The highest BCUT2D eigenvalue weighted by Gasteiger charge is 2.18. The van der Waals surface area contributed by atoms with Gasteiger partial charge in [0.1, 0.15) is 0 Å². The monoisotopic (exact) mass is 326 g/mol. The first-order valence-corrected chi connectivity index (χ1v) is 8.43. The van der Waals surface area contributed by atoms with Gasteiger partial charge in [0.15, 0.2) is 10.2 Å². The van der Waals surface area contributed by atoms with Gasteiger partial charge in [0.05, 0.1) is 17.4 Å². The van der Waals surface area contributed by atoms with E-state index in [1.165, 1.54) is 11.3 Å². The number of carbonyl (C=O) groups excluding carboxylic acids is 1. The van der Waals surface area contributed by atoms with Crippen LogP contribution in [-0.4, -0.2) is 21.0 Å². The predicted molar refractivity (Wildman–Crippen MR) is 82.3 cm³/mol. The first kappa shape index (κ1) is 16.0. The molecule has 0 fully saturated rings. The highest BCUT2D eigenvalue weighted by atomic mass is 32.2. The van der Waals surface area contributed by atoms with Gasteiger partial charge in [-0.3, -0.25) is 4.79 Å². The lowest BCUT2D eigenvalue weighted by atomic mass is 10.3. The minimum absolute atomic E-state index is 0.0232. The Morgan fingerprint density at radius 2 is 2.24 bits per heavy atom. The summed E-state index contributed by atoms with van der Waals surface area (Å²) in [5, 5.41) is 3.98. The molecule has 0 aromatic carbocycles. The van der Waals surface area contributed by atoms with Gasteiger partial charge in [-0.1, -0.05) is 23.8 Å². The Morgan fingerprint density at radius 1 is 1.48 bits per heavy atom. The Bertz CT molecular complexity index is 623. The normalized spacial score (nSPS) is 12.5. The lowest BCUT2D eigenvalue weighted by Gasteiger charge is -2.01. The maximum Gasteiger partial charge on any atom is 0.239 e. The molecule has 0 aliphatic rings. The third-order valence-corrected chi connectivity index (χ3v) is 5.13. The molecule has 1 amide bonds. The molecule has 2 aromatic heterocycles. The first-order chi connectivity index (χ1) is 9.99. The Kier molecular flexibility index (Phi) is 5.35. The number of thiazole rings is 1. The minimum Gasteiger partial charge on any atom is -0.369 e. The summed E-state index contributed by atoms with van der Waals surface area (Å²) in [5.41, 5.74) is 6.08. The van der Waals surface area contributed by atoms with Gasteiger partial charge in [-0.15, -0.1) is 11.3 Å². The van der Waals surface area contributed by atoms with Crippen LogP contribution in [0.25, 0.3) is 0 Å². The zero-order valence-electron chi connectivity index (χ0n) is 12.3. The Hall–Kier alpha value is -1.41. The molecule has 2 heterocycles. The summed E-state index contributed by atoms with van der Waals surface area (Å²) in [4.78, 5) is 20.7. The third kappa shape index (κ3) is 4.28. The molecule has 114 valence electrons. The number of primary amides is 1. The average Bonchev–Trinajstić information content (AvgIpc) is 2.98. The molecule has 2 N–H and O–H groups in total. The van der Waals surface area contributed by atoms with Crippen LogP contribution in [0, 0.1) is 6.92 Å². The van der Waals surface area contributed by atoms with E-state index >= 15 is 0 Å². The molecule has 0 spiro atoms. The van der Waals surface area contributed by atoms with Crippen LogP contribution in [0.15, 0.2) is 8.86 Å². The highest BCUT2D eigenvalue weighted by molar-refractivity contribution is 8.01. The van der Waals surface area contributed by atoms with Crippen LogP contribution in [0.1, 0.15) is 47.8 Å². The molecule has 0 aliphatic heterocycles. The van der Waals surface area contributed by atoms with E-state index in [0.29, 0.717) is 5.89 Å². The number of hydrogen-bond acceptors (Lipinski definition) is 7. The summed E-state index contributed by atoms with van der Waals surface area (Å²) in [7, 11) is 0. The minimum atomic E-state index is -0.340. The van der Waals surface area contributed by atoms with Crippen LogP contribution in [0.5, 0.6) is 0 Å². The molecule has 6 nitrogen and oxygen atoms in total. The maximum absolute atomic E-state index is 11.0. The van der Waals surface area contributed by atoms with Crippen molar-refractivity contribution in [2.45, 2.75) is 49.6 Å². The van der Waals surface area contributed by atoms with Gasteiger partial charge in [-0.2, -0.15) is 4.98 Å². The summed E-state index contributed by atoms with van der Waals surface area (Å²) >= 11 is 3.04. The van der Waals surface area contributed by atoms with E-state index in [1.54, 1.807) is 11.8 Å². The van der Waals surface area contributed by atoms with Gasteiger partial charge < -0.3 is 10.3 Å². The van der Waals surface area contributed by atoms with Gasteiger partial charge >= 0.3 is 0 Å². The fourth-order valence-corrected chi connectivity index (χ4v) is 4.15. The fourth-order valence-electron chi connectivity index (χ4n) is 1.73. The van der Waals surface area contributed by atoms with E-state index < -0.39 is 0 Å². The molecular formula is C13H18N4O2S2. The molecule has 0 saturated heterocycles. The van der Waals surface area contributed by atoms with Crippen LogP contribution >= 0.6 is 23.1 Å². The van der Waals surface area contributed by atoms with Crippen molar-refractivity contribution in [3.05, 3.63) is 22.3 Å². The van der Waals surface area contributed by atoms with Gasteiger partial charge in [0.25, 0.3) is 0 Å². The number of carbonyl (C=O) groups is 1. The topological polar surface area (TPSA) is 94.9 Å². The lowest BCUT2D eigenvalue weighted by Crippen LogP contribution is -2.13. The zero-order chi connectivity index (χ0) is 15.4. The van der Waals surface area contributed by atoms with Gasteiger partial charge in [-0.05, 0) is 20.3 Å². The second kappa shape index (κ2) is 7.04. The number of nitrogens with zero attached hydrogens (tertiary/aromatic N) is 3. The first-order valence-electron chi connectivity index (χ1n) is 6.73. The molecule has 8 heteroatoms. The van der Waals surface area contributed by atoms with Crippen molar-refractivity contribution in [3.8, 4) is 0 Å². The average molecular weight is 326 g/mol. The van der Waals surface area contributed by atoms with Crippen molar-refractivity contribution < 1.29 is 9.32 Å². The summed E-state index contributed by atoms with van der Waals surface area (Å²) in [6, 6.07) is 0. The number of hydrogen-bond donors (Lipinski definition) is 1. The van der Waals surface area contributed by atoms with Crippen molar-refractivity contribution in [2.75, 3.05) is 0 Å². The van der Waals surface area contributed by atoms with Crippen molar-refractivity contribution in [1.29, 1.82) is 0 Å². The van der Waals surface area contributed by atoms with Crippen molar-refractivity contribution in [2.24, 2.45) is 5.73 Å². The quantitative estimate of drug-likeness (QED) is 0.786. The Labute approximate surface area is 131 Å². The molecule has 2 rings (SSSR count). The summed E-state index contributed by atoms with van der Waals surface area (Å²) in [6.07, 6.45) is 2.04. The number of thioether (sulfide) groups is 1. The molecule has 21 heavy (non-hydrogen) atoms. The maximum atomic E-state index is 11.0. The SMILES string of the molecule is CCCc1noc(C(C)Sc2nc(C)c(CC(N)=O)s2)n1. The molecule has 0 radical (unpaired) electrons. The van der Waals surface area contributed by atoms with Crippen molar-refractivity contribution in [1.82, 2.24) is 15.1 Å². The highest BCUT2D eigenvalue weighted by Crippen LogP contribution is 2.37. The number of rotatable bonds is 7.